The molecule has 5 nitrogen and oxygen atoms in total. The van der Waals surface area contributed by atoms with Crippen LogP contribution in [0.3, 0.4) is 0 Å². The average molecular weight is 304 g/mol. The smallest absolute Gasteiger partial charge is 0.263 e. The first kappa shape index (κ1) is 15.0. The number of rotatable bonds is 2. The van der Waals surface area contributed by atoms with E-state index in [1.807, 2.05) is 0 Å². The lowest BCUT2D eigenvalue weighted by molar-refractivity contribution is 0.0830. The highest BCUT2D eigenvalue weighted by Gasteiger charge is 2.31. The van der Waals surface area contributed by atoms with Crippen LogP contribution in [0.25, 0.3) is 0 Å². The number of benzene rings is 1. The van der Waals surface area contributed by atoms with Gasteiger partial charge in [0.2, 0.25) is 5.96 Å². The van der Waals surface area contributed by atoms with Gasteiger partial charge in [0.1, 0.15) is 5.82 Å². The molecule has 0 bridgehead atoms. The van der Waals surface area contributed by atoms with E-state index < -0.39 is 5.82 Å². The topological polar surface area (TPSA) is 39.1 Å². The fourth-order valence-corrected chi connectivity index (χ4v) is 2.94. The van der Waals surface area contributed by atoms with Crippen LogP contribution in [0.1, 0.15) is 17.3 Å². The van der Waals surface area contributed by atoms with Crippen LogP contribution >= 0.6 is 0 Å². The summed E-state index contributed by atoms with van der Waals surface area (Å²) >= 11 is 0. The number of guanidine groups is 1. The molecular formula is C16H21FN4O. The first-order valence-electron chi connectivity index (χ1n) is 7.79. The summed E-state index contributed by atoms with van der Waals surface area (Å²) in [4.78, 5) is 23.2. The quantitative estimate of drug-likeness (QED) is 0.826. The number of halogens is 1. The van der Waals surface area contributed by atoms with E-state index in [0.717, 1.165) is 32.7 Å². The second-order valence-corrected chi connectivity index (χ2v) is 5.54. The predicted octanol–water partition coefficient (Wildman–Crippen LogP) is 1.27. The van der Waals surface area contributed by atoms with Gasteiger partial charge in [0.15, 0.2) is 0 Å². The van der Waals surface area contributed by atoms with E-state index in [1.165, 1.54) is 12.1 Å². The Bertz CT molecular complexity index is 581. The summed E-state index contributed by atoms with van der Waals surface area (Å²) in [6.07, 6.45) is 0. The molecule has 6 heteroatoms. The maximum absolute atomic E-state index is 13.9. The van der Waals surface area contributed by atoms with Crippen molar-refractivity contribution >= 4 is 11.9 Å². The third kappa shape index (κ3) is 2.83. The first-order valence-corrected chi connectivity index (χ1v) is 7.79. The molecule has 2 aliphatic heterocycles. The zero-order valence-electron chi connectivity index (χ0n) is 12.8. The second-order valence-electron chi connectivity index (χ2n) is 5.54. The Hall–Kier alpha value is -1.95. The minimum absolute atomic E-state index is 0.115. The number of hydrogen-bond donors (Lipinski definition) is 0. The van der Waals surface area contributed by atoms with Crippen LogP contribution in [-0.2, 0) is 0 Å². The third-order valence-electron chi connectivity index (χ3n) is 4.27. The molecule has 0 saturated carbocycles. The fourth-order valence-electron chi connectivity index (χ4n) is 2.94. The van der Waals surface area contributed by atoms with Crippen molar-refractivity contribution in [2.24, 2.45) is 4.99 Å². The summed E-state index contributed by atoms with van der Waals surface area (Å²) in [6.45, 7) is 7.95. The minimum atomic E-state index is -0.477. The van der Waals surface area contributed by atoms with Gasteiger partial charge in [0, 0.05) is 32.7 Å². The van der Waals surface area contributed by atoms with Crippen LogP contribution in [-0.4, -0.2) is 72.4 Å². The molecule has 1 fully saturated rings. The number of carbonyl (C=O) groups is 1. The third-order valence-corrected chi connectivity index (χ3v) is 4.27. The molecule has 118 valence electrons. The Kier molecular flexibility index (Phi) is 4.38. The summed E-state index contributed by atoms with van der Waals surface area (Å²) in [5.41, 5.74) is 0.115. The normalized spacial score (nSPS) is 19.5. The second kappa shape index (κ2) is 6.44. The number of carbonyl (C=O) groups excluding carboxylic acids is 1. The molecule has 0 aromatic heterocycles. The van der Waals surface area contributed by atoms with E-state index in [0.29, 0.717) is 19.0 Å². The van der Waals surface area contributed by atoms with E-state index in [4.69, 9.17) is 0 Å². The number of amides is 1. The number of aliphatic imine (C=N–C) groups is 1. The van der Waals surface area contributed by atoms with E-state index in [-0.39, 0.29) is 11.5 Å². The van der Waals surface area contributed by atoms with Crippen molar-refractivity contribution in [1.82, 2.24) is 14.7 Å². The highest BCUT2D eigenvalue weighted by Crippen LogP contribution is 2.16. The minimum Gasteiger partial charge on any atom is -0.340 e. The maximum Gasteiger partial charge on any atom is 0.263 e. The van der Waals surface area contributed by atoms with E-state index >= 15 is 0 Å². The maximum atomic E-state index is 13.9. The van der Waals surface area contributed by atoms with Crippen molar-refractivity contribution in [1.29, 1.82) is 0 Å². The monoisotopic (exact) mass is 304 g/mol. The van der Waals surface area contributed by atoms with Gasteiger partial charge < -0.3 is 9.80 Å². The average Bonchev–Trinajstić information content (AvgIpc) is 3.04. The molecule has 0 atom stereocenters. The number of piperazine rings is 1. The molecule has 1 saturated heterocycles. The Morgan fingerprint density at radius 2 is 1.91 bits per heavy atom. The molecule has 0 N–H and O–H groups in total. The predicted molar refractivity (Wildman–Crippen MR) is 83.4 cm³/mol. The molecule has 1 aromatic rings. The summed E-state index contributed by atoms with van der Waals surface area (Å²) in [5.74, 6) is -0.0779. The van der Waals surface area contributed by atoms with E-state index in [2.05, 4.69) is 21.7 Å². The lowest BCUT2D eigenvalue weighted by Crippen LogP contribution is -2.53. The molecule has 22 heavy (non-hydrogen) atoms. The van der Waals surface area contributed by atoms with Gasteiger partial charge in [-0.2, -0.15) is 0 Å². The van der Waals surface area contributed by atoms with Gasteiger partial charge >= 0.3 is 0 Å². The van der Waals surface area contributed by atoms with E-state index in [9.17, 15) is 9.18 Å². The number of hydrogen-bond acceptors (Lipinski definition) is 4. The molecule has 1 aromatic carbocycles. The largest absolute Gasteiger partial charge is 0.340 e. The molecule has 0 radical (unpaired) electrons. The van der Waals surface area contributed by atoms with Crippen LogP contribution in [0.5, 0.6) is 0 Å². The fraction of sp³-hybridized carbons (Fsp3) is 0.500. The van der Waals surface area contributed by atoms with Gasteiger partial charge in [-0.3, -0.25) is 14.7 Å². The molecule has 2 heterocycles. The molecule has 0 spiro atoms. The highest BCUT2D eigenvalue weighted by atomic mass is 19.1. The van der Waals surface area contributed by atoms with Gasteiger partial charge in [0.05, 0.1) is 12.1 Å². The van der Waals surface area contributed by atoms with Gasteiger partial charge in [-0.15, -0.1) is 0 Å². The Morgan fingerprint density at radius 1 is 1.18 bits per heavy atom. The molecule has 2 aliphatic rings. The van der Waals surface area contributed by atoms with Crippen LogP contribution in [0.2, 0.25) is 0 Å². The van der Waals surface area contributed by atoms with Crippen molar-refractivity contribution < 1.29 is 9.18 Å². The summed E-state index contributed by atoms with van der Waals surface area (Å²) < 4.78 is 13.9. The SMILES string of the molecule is CCN1CCN(C2=NCCN2C(=O)c2ccccc2F)CC1. The van der Waals surface area contributed by atoms with E-state index in [1.54, 1.807) is 17.0 Å². The zero-order chi connectivity index (χ0) is 15.5. The van der Waals surface area contributed by atoms with Gasteiger partial charge in [-0.05, 0) is 18.7 Å². The number of nitrogens with zero attached hydrogens (tertiary/aromatic N) is 4. The molecule has 3 rings (SSSR count). The molecular weight excluding hydrogens is 283 g/mol. The highest BCUT2D eigenvalue weighted by molar-refractivity contribution is 6.06. The zero-order valence-corrected chi connectivity index (χ0v) is 12.8. The molecule has 0 aliphatic carbocycles. The lowest BCUT2D eigenvalue weighted by Gasteiger charge is -2.37. The first-order chi connectivity index (χ1) is 10.7. The standard InChI is InChI=1S/C16H21FN4O/c1-2-19-9-11-20(12-10-19)16-18-7-8-21(16)15(22)13-5-3-4-6-14(13)17/h3-6H,2,7-12H2,1H3. The van der Waals surface area contributed by atoms with Crippen molar-refractivity contribution in [2.75, 3.05) is 45.8 Å². The molecule has 1 amide bonds. The van der Waals surface area contributed by atoms with Crippen LogP contribution in [0, 0.1) is 5.82 Å². The van der Waals surface area contributed by atoms with Crippen LogP contribution < -0.4 is 0 Å². The van der Waals surface area contributed by atoms with Crippen molar-refractivity contribution in [3.63, 3.8) is 0 Å². The Labute approximate surface area is 130 Å². The summed E-state index contributed by atoms with van der Waals surface area (Å²) in [6, 6.07) is 6.13. The molecule has 0 unspecified atom stereocenters. The summed E-state index contributed by atoms with van der Waals surface area (Å²) in [5, 5.41) is 0. The Balaban J connectivity index is 1.74. The summed E-state index contributed by atoms with van der Waals surface area (Å²) in [7, 11) is 0. The van der Waals surface area contributed by atoms with Crippen molar-refractivity contribution in [2.45, 2.75) is 6.92 Å². The Morgan fingerprint density at radius 3 is 2.59 bits per heavy atom. The lowest BCUT2D eigenvalue weighted by atomic mass is 10.2. The van der Waals surface area contributed by atoms with Crippen LogP contribution in [0.4, 0.5) is 4.39 Å². The van der Waals surface area contributed by atoms with Crippen LogP contribution in [0.15, 0.2) is 29.3 Å². The van der Waals surface area contributed by atoms with Gasteiger partial charge in [-0.25, -0.2) is 4.39 Å². The van der Waals surface area contributed by atoms with Gasteiger partial charge in [0.25, 0.3) is 5.91 Å². The number of likely N-dealkylation sites (N-methyl/N-ethyl adjacent to an activating group) is 1. The van der Waals surface area contributed by atoms with Gasteiger partial charge in [-0.1, -0.05) is 19.1 Å². The van der Waals surface area contributed by atoms with Crippen molar-refractivity contribution in [3.05, 3.63) is 35.6 Å². The van der Waals surface area contributed by atoms with Crippen molar-refractivity contribution in [3.8, 4) is 0 Å².